The maximum Gasteiger partial charge on any atom is 0.289 e. The van der Waals surface area contributed by atoms with Crippen LogP contribution in [0.15, 0.2) is 18.2 Å². The number of carbonyl (C=O) groups excluding carboxylic acids is 1. The highest BCUT2D eigenvalue weighted by Gasteiger charge is 2.08. The summed E-state index contributed by atoms with van der Waals surface area (Å²) in [6.07, 6.45) is 0.716. The van der Waals surface area contributed by atoms with Crippen molar-refractivity contribution < 1.29 is 14.3 Å². The number of rotatable bonds is 5. The minimum Gasteiger partial charge on any atom is -0.497 e. The molecule has 0 atom stereocenters. The molecule has 1 aromatic rings. The molecule has 0 unspecified atom stereocenters. The monoisotopic (exact) mass is 301 g/mol. The van der Waals surface area contributed by atoms with E-state index in [0.717, 1.165) is 17.1 Å². The van der Waals surface area contributed by atoms with Gasteiger partial charge in [0.1, 0.15) is 11.5 Å². The molecule has 0 aliphatic heterocycles. The van der Waals surface area contributed by atoms with E-state index in [1.165, 1.54) is 0 Å². The molecular formula is C12H16BrNO3. The number of amides is 1. The zero-order valence-corrected chi connectivity index (χ0v) is 11.8. The summed E-state index contributed by atoms with van der Waals surface area (Å²) in [5.74, 6) is 1.59. The third-order valence-electron chi connectivity index (χ3n) is 2.50. The largest absolute Gasteiger partial charge is 0.497 e. The van der Waals surface area contributed by atoms with Crippen LogP contribution < -0.4 is 9.47 Å². The molecule has 1 rings (SSSR count). The van der Waals surface area contributed by atoms with Gasteiger partial charge in [0.05, 0.1) is 14.2 Å². The van der Waals surface area contributed by atoms with Gasteiger partial charge in [-0.25, -0.2) is 0 Å². The van der Waals surface area contributed by atoms with E-state index in [0.29, 0.717) is 13.0 Å². The van der Waals surface area contributed by atoms with Gasteiger partial charge in [-0.05, 0) is 30.2 Å². The first-order chi connectivity index (χ1) is 8.08. The number of nitrogens with zero attached hydrogens (tertiary/aromatic N) is 1. The van der Waals surface area contributed by atoms with Gasteiger partial charge in [0, 0.05) is 29.5 Å². The molecule has 17 heavy (non-hydrogen) atoms. The molecule has 0 spiro atoms. The molecule has 0 aliphatic carbocycles. The number of ether oxygens (including phenoxy) is 2. The molecule has 1 aromatic carbocycles. The Morgan fingerprint density at radius 1 is 1.35 bits per heavy atom. The van der Waals surface area contributed by atoms with Crippen LogP contribution in [-0.4, -0.2) is 37.5 Å². The summed E-state index contributed by atoms with van der Waals surface area (Å²) in [4.78, 5) is 12.5. The highest BCUT2D eigenvalue weighted by molar-refractivity contribution is 9.18. The highest BCUT2D eigenvalue weighted by atomic mass is 79.9. The van der Waals surface area contributed by atoms with Crippen molar-refractivity contribution in [2.24, 2.45) is 0 Å². The number of methoxy groups -OCH3 is 2. The average molecular weight is 302 g/mol. The van der Waals surface area contributed by atoms with Crippen LogP contribution in [0.25, 0.3) is 0 Å². The zero-order chi connectivity index (χ0) is 12.8. The third kappa shape index (κ3) is 3.93. The Kier molecular flexibility index (Phi) is 5.28. The number of hydrogen-bond acceptors (Lipinski definition) is 3. The number of hydrogen-bond donors (Lipinski definition) is 0. The third-order valence-corrected chi connectivity index (χ3v) is 3.11. The van der Waals surface area contributed by atoms with Crippen molar-refractivity contribution in [1.29, 1.82) is 0 Å². The summed E-state index contributed by atoms with van der Waals surface area (Å²) in [5, 5.41) is 0. The van der Waals surface area contributed by atoms with Gasteiger partial charge < -0.3 is 14.4 Å². The van der Waals surface area contributed by atoms with Crippen LogP contribution in [0.2, 0.25) is 0 Å². The number of carbonyl (C=O) groups is 1. The van der Waals surface area contributed by atoms with E-state index in [-0.39, 0.29) is 4.82 Å². The first-order valence-corrected chi connectivity index (χ1v) is 5.99. The normalized spacial score (nSPS) is 9.88. The van der Waals surface area contributed by atoms with Crippen LogP contribution in [0, 0.1) is 0 Å². The minimum atomic E-state index is -0.126. The van der Waals surface area contributed by atoms with Gasteiger partial charge in [0.2, 0.25) is 0 Å². The zero-order valence-electron chi connectivity index (χ0n) is 10.2. The lowest BCUT2D eigenvalue weighted by Gasteiger charge is -2.15. The van der Waals surface area contributed by atoms with Crippen LogP contribution in [0.4, 0.5) is 4.79 Å². The molecule has 94 valence electrons. The fourth-order valence-corrected chi connectivity index (χ4v) is 1.63. The first kappa shape index (κ1) is 13.8. The second-order valence-corrected chi connectivity index (χ2v) is 4.28. The van der Waals surface area contributed by atoms with Crippen molar-refractivity contribution >= 4 is 20.7 Å². The molecular weight excluding hydrogens is 286 g/mol. The summed E-state index contributed by atoms with van der Waals surface area (Å²) in [6, 6.07) is 5.64. The van der Waals surface area contributed by atoms with E-state index in [1.54, 1.807) is 26.2 Å². The maximum atomic E-state index is 11.0. The van der Waals surface area contributed by atoms with Crippen LogP contribution in [0.1, 0.15) is 5.56 Å². The molecule has 0 N–H and O–H groups in total. The lowest BCUT2D eigenvalue weighted by atomic mass is 10.1. The maximum absolute atomic E-state index is 11.0. The van der Waals surface area contributed by atoms with Crippen LogP contribution >= 0.6 is 15.9 Å². The van der Waals surface area contributed by atoms with Gasteiger partial charge >= 0.3 is 0 Å². The Balaban J connectivity index is 2.77. The van der Waals surface area contributed by atoms with Gasteiger partial charge in [0.25, 0.3) is 4.82 Å². The molecule has 1 amide bonds. The summed E-state index contributed by atoms with van der Waals surface area (Å²) in [5.41, 5.74) is 1.02. The number of benzene rings is 1. The SMILES string of the molecule is COc1ccc(OC)c(CCN(C)C(=O)Br)c1. The van der Waals surface area contributed by atoms with E-state index in [4.69, 9.17) is 9.47 Å². The smallest absolute Gasteiger partial charge is 0.289 e. The summed E-state index contributed by atoms with van der Waals surface area (Å²) in [7, 11) is 4.99. The number of likely N-dealkylation sites (N-methyl/N-ethyl adjacent to an activating group) is 1. The lowest BCUT2D eigenvalue weighted by molar-refractivity contribution is 0.235. The highest BCUT2D eigenvalue weighted by Crippen LogP contribution is 2.24. The van der Waals surface area contributed by atoms with Crippen molar-refractivity contribution in [2.75, 3.05) is 27.8 Å². The second kappa shape index (κ2) is 6.49. The van der Waals surface area contributed by atoms with E-state index < -0.39 is 0 Å². The van der Waals surface area contributed by atoms with Crippen molar-refractivity contribution in [1.82, 2.24) is 4.90 Å². The molecule has 0 bridgehead atoms. The average Bonchev–Trinajstić information content (AvgIpc) is 2.35. The van der Waals surface area contributed by atoms with Gasteiger partial charge in [-0.3, -0.25) is 4.79 Å². The molecule has 0 saturated carbocycles. The van der Waals surface area contributed by atoms with Crippen molar-refractivity contribution in [2.45, 2.75) is 6.42 Å². The van der Waals surface area contributed by atoms with E-state index in [1.807, 2.05) is 18.2 Å². The predicted molar refractivity (Wildman–Crippen MR) is 70.2 cm³/mol. The lowest BCUT2D eigenvalue weighted by Crippen LogP contribution is -2.23. The van der Waals surface area contributed by atoms with Crippen molar-refractivity contribution in [3.63, 3.8) is 0 Å². The van der Waals surface area contributed by atoms with E-state index in [2.05, 4.69) is 15.9 Å². The fourth-order valence-electron chi connectivity index (χ4n) is 1.45. The molecule has 0 saturated heterocycles. The predicted octanol–water partition coefficient (Wildman–Crippen LogP) is 2.69. The Hall–Kier alpha value is -1.23. The quantitative estimate of drug-likeness (QED) is 0.620. The topological polar surface area (TPSA) is 38.8 Å². The van der Waals surface area contributed by atoms with Crippen molar-refractivity contribution in [3.05, 3.63) is 23.8 Å². The molecule has 0 aromatic heterocycles. The first-order valence-electron chi connectivity index (χ1n) is 5.20. The Bertz CT molecular complexity index is 395. The van der Waals surface area contributed by atoms with Crippen LogP contribution in [0.3, 0.4) is 0 Å². The van der Waals surface area contributed by atoms with Crippen LogP contribution in [0.5, 0.6) is 11.5 Å². The summed E-state index contributed by atoms with van der Waals surface area (Å²) < 4.78 is 10.4. The second-order valence-electron chi connectivity index (χ2n) is 3.60. The fraction of sp³-hybridized carbons (Fsp3) is 0.417. The minimum absolute atomic E-state index is 0.126. The van der Waals surface area contributed by atoms with Crippen LogP contribution in [-0.2, 0) is 6.42 Å². The Labute approximate surface area is 110 Å². The molecule has 5 heteroatoms. The summed E-state index contributed by atoms with van der Waals surface area (Å²) >= 11 is 2.91. The van der Waals surface area contributed by atoms with E-state index >= 15 is 0 Å². The van der Waals surface area contributed by atoms with Gasteiger partial charge in [0.15, 0.2) is 0 Å². The molecule has 0 fully saturated rings. The number of halogens is 1. The van der Waals surface area contributed by atoms with Gasteiger partial charge in [-0.2, -0.15) is 0 Å². The summed E-state index contributed by atoms with van der Waals surface area (Å²) in [6.45, 7) is 0.619. The van der Waals surface area contributed by atoms with Gasteiger partial charge in [-0.15, -0.1) is 0 Å². The molecule has 0 radical (unpaired) electrons. The molecule has 0 aliphatic rings. The molecule has 0 heterocycles. The Morgan fingerprint density at radius 2 is 2.06 bits per heavy atom. The Morgan fingerprint density at radius 3 is 2.59 bits per heavy atom. The molecule has 4 nitrogen and oxygen atoms in total. The van der Waals surface area contributed by atoms with E-state index in [9.17, 15) is 4.79 Å². The van der Waals surface area contributed by atoms with Crippen molar-refractivity contribution in [3.8, 4) is 11.5 Å². The standard InChI is InChI=1S/C12H16BrNO3/c1-14(12(13)15)7-6-9-8-10(16-2)4-5-11(9)17-3/h4-5,8H,6-7H2,1-3H3. The van der Waals surface area contributed by atoms with Gasteiger partial charge in [-0.1, -0.05) is 0 Å².